The first-order valence-corrected chi connectivity index (χ1v) is 16.3. The molecule has 3 N–H and O–H groups in total. The maximum absolute atomic E-state index is 13.2. The molecule has 0 spiro atoms. The van der Waals surface area contributed by atoms with Crippen LogP contribution in [0.4, 0.5) is 21.9 Å². The van der Waals surface area contributed by atoms with Crippen LogP contribution in [-0.4, -0.2) is 60.1 Å². The van der Waals surface area contributed by atoms with Crippen molar-refractivity contribution >= 4 is 23.2 Å². The fourth-order valence-electron chi connectivity index (χ4n) is 8.72. The number of aromatic nitrogens is 1. The van der Waals surface area contributed by atoms with Crippen LogP contribution in [0.3, 0.4) is 0 Å². The summed E-state index contributed by atoms with van der Waals surface area (Å²) in [7, 11) is 0. The summed E-state index contributed by atoms with van der Waals surface area (Å²) in [5.41, 5.74) is 4.37. The van der Waals surface area contributed by atoms with E-state index in [-0.39, 0.29) is 12.1 Å². The lowest BCUT2D eigenvalue weighted by Crippen LogP contribution is -2.62. The summed E-state index contributed by atoms with van der Waals surface area (Å²) in [6.45, 7) is 3.22. The third-order valence-corrected chi connectivity index (χ3v) is 10.5. The molecule has 44 heavy (non-hydrogen) atoms. The Morgan fingerprint density at radius 3 is 2.39 bits per heavy atom. The molecule has 5 atom stereocenters. The molecule has 230 valence electrons. The molecule has 3 unspecified atom stereocenters. The maximum atomic E-state index is 13.2. The zero-order chi connectivity index (χ0) is 29.7. The molecule has 3 aromatic rings. The van der Waals surface area contributed by atoms with Crippen LogP contribution in [0.25, 0.3) is 11.3 Å². The van der Waals surface area contributed by atoms with E-state index < -0.39 is 11.7 Å². The minimum Gasteiger partial charge on any atom is -0.489 e. The Morgan fingerprint density at radius 1 is 0.932 bits per heavy atom. The van der Waals surface area contributed by atoms with Crippen molar-refractivity contribution in [1.82, 2.24) is 15.6 Å². The van der Waals surface area contributed by atoms with Crippen LogP contribution in [-0.2, 0) is 4.84 Å². The van der Waals surface area contributed by atoms with Gasteiger partial charge < -0.3 is 30.2 Å². The van der Waals surface area contributed by atoms with Crippen LogP contribution in [0.15, 0.2) is 66.9 Å². The van der Waals surface area contributed by atoms with E-state index in [0.717, 1.165) is 92.1 Å². The van der Waals surface area contributed by atoms with Crippen molar-refractivity contribution in [3.05, 3.63) is 66.9 Å². The molecule has 4 saturated carbocycles. The van der Waals surface area contributed by atoms with Crippen LogP contribution >= 0.6 is 0 Å². The third kappa shape index (κ3) is 5.37. The van der Waals surface area contributed by atoms with E-state index in [1.165, 1.54) is 0 Å². The number of hydrogen-bond acceptors (Lipinski definition) is 8. The number of rotatable bonds is 6. The summed E-state index contributed by atoms with van der Waals surface area (Å²) in [5.74, 6) is 2.10. The number of nitrogens with zero attached hydrogens (tertiary/aromatic N) is 3. The van der Waals surface area contributed by atoms with Crippen LogP contribution in [0, 0.1) is 17.8 Å². The molecule has 4 aliphatic carbocycles. The first-order chi connectivity index (χ1) is 21.5. The molecule has 9 rings (SSSR count). The molecule has 0 radical (unpaired) electrons. The number of aliphatic hydroxyl groups is 1. The Labute approximate surface area is 258 Å². The SMILES string of the molecule is O=C(NC1[C@@H]2CC3C[C@H]1CC(O)(C3)C2)ON1CCN(c2ccc(-c3ccc(OC4CCNCC4)cn3)cc2)c2ccccc21. The van der Waals surface area contributed by atoms with E-state index in [0.29, 0.717) is 30.8 Å². The molecular weight excluding hydrogens is 554 g/mol. The first-order valence-electron chi connectivity index (χ1n) is 16.3. The van der Waals surface area contributed by atoms with E-state index in [1.807, 2.05) is 36.5 Å². The number of carbonyl (C=O) groups excluding carboxylic acids is 1. The van der Waals surface area contributed by atoms with Gasteiger partial charge in [-0.25, -0.2) is 9.86 Å². The lowest BCUT2D eigenvalue weighted by Gasteiger charge is -2.57. The minimum atomic E-state index is -0.519. The van der Waals surface area contributed by atoms with Crippen molar-refractivity contribution in [2.75, 3.05) is 36.1 Å². The molecular formula is C35H41N5O4. The number of carbonyl (C=O) groups is 1. The fraction of sp³-hybridized carbons (Fsp3) is 0.486. The van der Waals surface area contributed by atoms with Gasteiger partial charge in [-0.1, -0.05) is 24.3 Å². The predicted octanol–water partition coefficient (Wildman–Crippen LogP) is 5.42. The Bertz CT molecular complexity index is 1480. The van der Waals surface area contributed by atoms with E-state index in [4.69, 9.17) is 9.57 Å². The number of nitrogens with one attached hydrogen (secondary N) is 2. The number of pyridine rings is 1. The van der Waals surface area contributed by atoms with Gasteiger partial charge in [-0.15, -0.1) is 0 Å². The van der Waals surface area contributed by atoms with E-state index in [9.17, 15) is 9.90 Å². The summed E-state index contributed by atoms with van der Waals surface area (Å²) in [6.07, 6.45) is 8.42. The van der Waals surface area contributed by atoms with Crippen LogP contribution in [0.1, 0.15) is 44.9 Å². The minimum absolute atomic E-state index is 0.0852. The summed E-state index contributed by atoms with van der Waals surface area (Å²) >= 11 is 0. The van der Waals surface area contributed by atoms with Crippen molar-refractivity contribution in [2.45, 2.75) is 62.7 Å². The first kappa shape index (κ1) is 27.7. The molecule has 2 aliphatic heterocycles. The highest BCUT2D eigenvalue weighted by atomic mass is 16.7. The van der Waals surface area contributed by atoms with E-state index >= 15 is 0 Å². The van der Waals surface area contributed by atoms with Gasteiger partial charge in [0.05, 0.1) is 35.4 Å². The number of para-hydroxylation sites is 2. The number of hydroxylamine groups is 1. The fourth-order valence-corrected chi connectivity index (χ4v) is 8.72. The van der Waals surface area contributed by atoms with Gasteiger partial charge >= 0.3 is 6.09 Å². The normalized spacial score (nSPS) is 29.3. The molecule has 3 heterocycles. The Morgan fingerprint density at radius 2 is 1.68 bits per heavy atom. The lowest BCUT2D eigenvalue weighted by atomic mass is 9.52. The van der Waals surface area contributed by atoms with Gasteiger partial charge in [0.2, 0.25) is 0 Å². The van der Waals surface area contributed by atoms with E-state index in [2.05, 4.69) is 50.8 Å². The second kappa shape index (κ2) is 11.3. The second-order valence-corrected chi connectivity index (χ2v) is 13.5. The topological polar surface area (TPSA) is 99.2 Å². The van der Waals surface area contributed by atoms with Crippen molar-refractivity contribution < 1.29 is 19.5 Å². The van der Waals surface area contributed by atoms with Crippen molar-refractivity contribution in [1.29, 1.82) is 0 Å². The molecule has 1 amide bonds. The molecule has 9 heteroatoms. The van der Waals surface area contributed by atoms with Gasteiger partial charge in [0.1, 0.15) is 11.9 Å². The largest absolute Gasteiger partial charge is 0.489 e. The van der Waals surface area contributed by atoms with Crippen LogP contribution in [0.2, 0.25) is 0 Å². The van der Waals surface area contributed by atoms with Gasteiger partial charge in [0, 0.05) is 23.8 Å². The molecule has 4 bridgehead atoms. The smallest absolute Gasteiger partial charge is 0.431 e. The number of piperidine rings is 1. The number of hydrogen-bond donors (Lipinski definition) is 3. The molecule has 1 aromatic heterocycles. The monoisotopic (exact) mass is 595 g/mol. The maximum Gasteiger partial charge on any atom is 0.431 e. The highest BCUT2D eigenvalue weighted by molar-refractivity contribution is 5.81. The zero-order valence-corrected chi connectivity index (χ0v) is 25.0. The van der Waals surface area contributed by atoms with Crippen LogP contribution in [0.5, 0.6) is 5.75 Å². The third-order valence-electron chi connectivity index (χ3n) is 10.5. The molecule has 6 aliphatic rings. The zero-order valence-electron chi connectivity index (χ0n) is 25.0. The number of fused-ring (bicyclic) bond motifs is 1. The predicted molar refractivity (Wildman–Crippen MR) is 169 cm³/mol. The summed E-state index contributed by atoms with van der Waals surface area (Å²) in [4.78, 5) is 26.0. The Hall–Kier alpha value is -3.82. The number of benzene rings is 2. The quantitative estimate of drug-likeness (QED) is 0.348. The standard InChI is InChI=1S/C35H41N5O4/c41-34(38-33-25-17-23-18-26(33)21-35(42,19-23)20-25)44-40-16-15-39(31-3-1-2-4-32(31)40)27-7-5-24(6-8-27)30-10-9-29(22-37-30)43-28-11-13-36-14-12-28/h1-10,22-23,25-26,28,33,36,42H,11-21H2,(H,38,41)/t23?,25-,26+,33?,35?. The number of ether oxygens (including phenoxy) is 1. The average molecular weight is 596 g/mol. The van der Waals surface area contributed by atoms with E-state index in [1.54, 1.807) is 5.06 Å². The number of anilines is 3. The van der Waals surface area contributed by atoms with Crippen molar-refractivity contribution in [3.63, 3.8) is 0 Å². The van der Waals surface area contributed by atoms with Gasteiger partial charge in [-0.05, 0) is 112 Å². The second-order valence-electron chi connectivity index (χ2n) is 13.5. The summed E-state index contributed by atoms with van der Waals surface area (Å²) in [6, 6.07) is 20.6. The summed E-state index contributed by atoms with van der Waals surface area (Å²) < 4.78 is 6.12. The molecule has 2 aromatic carbocycles. The van der Waals surface area contributed by atoms with Crippen molar-refractivity contribution in [3.8, 4) is 17.0 Å². The average Bonchev–Trinajstić information content (AvgIpc) is 3.03. The summed E-state index contributed by atoms with van der Waals surface area (Å²) in [5, 5.41) is 19.2. The van der Waals surface area contributed by atoms with Crippen molar-refractivity contribution in [2.24, 2.45) is 17.8 Å². The lowest BCUT2D eigenvalue weighted by molar-refractivity contribution is -0.137. The van der Waals surface area contributed by atoms with Gasteiger partial charge in [0.25, 0.3) is 0 Å². The van der Waals surface area contributed by atoms with Gasteiger partial charge in [-0.2, -0.15) is 0 Å². The molecule has 9 nitrogen and oxygen atoms in total. The highest BCUT2D eigenvalue weighted by Crippen LogP contribution is 2.55. The Balaban J connectivity index is 0.923. The highest BCUT2D eigenvalue weighted by Gasteiger charge is 2.55. The van der Waals surface area contributed by atoms with Gasteiger partial charge in [0.15, 0.2) is 0 Å². The molecule has 1 saturated heterocycles. The van der Waals surface area contributed by atoms with Gasteiger partial charge in [-0.3, -0.25) is 4.98 Å². The molecule has 5 fully saturated rings. The Kier molecular flexibility index (Phi) is 7.10. The number of amides is 1. The van der Waals surface area contributed by atoms with Crippen LogP contribution < -0.4 is 25.3 Å².